The summed E-state index contributed by atoms with van der Waals surface area (Å²) in [5.74, 6) is 0.861. The minimum absolute atomic E-state index is 0.0677. The summed E-state index contributed by atoms with van der Waals surface area (Å²) in [7, 11) is 0. The van der Waals surface area contributed by atoms with Crippen LogP contribution in [0.25, 0.3) is 0 Å². The third-order valence-corrected chi connectivity index (χ3v) is 4.61. The maximum Gasteiger partial charge on any atom is 0.407 e. The zero-order valence-corrected chi connectivity index (χ0v) is 13.3. The van der Waals surface area contributed by atoms with Gasteiger partial charge in [-0.25, -0.2) is 4.79 Å². The second kappa shape index (κ2) is 6.65. The van der Waals surface area contributed by atoms with Gasteiger partial charge in [0.15, 0.2) is 0 Å². The number of halogens is 1. The Labute approximate surface area is 135 Å². The van der Waals surface area contributed by atoms with Crippen LogP contribution >= 0.6 is 11.6 Å². The van der Waals surface area contributed by atoms with Crippen molar-refractivity contribution in [3.63, 3.8) is 0 Å². The Morgan fingerprint density at radius 1 is 1.18 bits per heavy atom. The second-order valence-electron chi connectivity index (χ2n) is 5.89. The van der Waals surface area contributed by atoms with Crippen molar-refractivity contribution in [1.29, 1.82) is 0 Å². The smallest absolute Gasteiger partial charge is 0.407 e. The van der Waals surface area contributed by atoms with Gasteiger partial charge in [0.25, 0.3) is 0 Å². The van der Waals surface area contributed by atoms with Crippen LogP contribution < -0.4 is 9.64 Å². The van der Waals surface area contributed by atoms with Gasteiger partial charge < -0.3 is 19.6 Å². The summed E-state index contributed by atoms with van der Waals surface area (Å²) in [5.41, 5.74) is 1.06. The number of anilines is 1. The molecule has 0 aliphatic carbocycles. The number of carbonyl (C=O) groups is 1. The molecule has 0 spiro atoms. The van der Waals surface area contributed by atoms with Crippen molar-refractivity contribution in [3.8, 4) is 5.75 Å². The van der Waals surface area contributed by atoms with Gasteiger partial charge >= 0.3 is 6.09 Å². The lowest BCUT2D eigenvalue weighted by atomic mass is 10.1. The number of likely N-dealkylation sites (tertiary alicyclic amines) is 1. The molecule has 22 heavy (non-hydrogen) atoms. The van der Waals surface area contributed by atoms with Gasteiger partial charge in [0.1, 0.15) is 11.9 Å². The number of hydrogen-bond donors (Lipinski definition) is 1. The number of piperidine rings is 1. The van der Waals surface area contributed by atoms with Crippen LogP contribution in [0, 0.1) is 0 Å². The lowest BCUT2D eigenvalue weighted by Gasteiger charge is -2.31. The number of benzene rings is 1. The van der Waals surface area contributed by atoms with Gasteiger partial charge in [-0.05, 0) is 31.0 Å². The molecule has 0 aromatic heterocycles. The maximum absolute atomic E-state index is 10.9. The van der Waals surface area contributed by atoms with E-state index in [1.807, 2.05) is 18.2 Å². The zero-order chi connectivity index (χ0) is 15.5. The number of carboxylic acid groups (broad SMARTS) is 1. The molecule has 1 aromatic rings. The van der Waals surface area contributed by atoms with Gasteiger partial charge in [-0.2, -0.15) is 0 Å². The zero-order valence-electron chi connectivity index (χ0n) is 12.5. The normalized spacial score (nSPS) is 19.5. The Kier molecular flexibility index (Phi) is 4.62. The molecule has 2 aliphatic rings. The molecule has 5 nitrogen and oxygen atoms in total. The first-order chi connectivity index (χ1) is 10.6. The van der Waals surface area contributed by atoms with Crippen LogP contribution in [0.1, 0.15) is 25.7 Å². The van der Waals surface area contributed by atoms with E-state index in [0.717, 1.165) is 42.4 Å². The molecule has 6 heteroatoms. The molecule has 2 fully saturated rings. The van der Waals surface area contributed by atoms with E-state index in [2.05, 4.69) is 4.90 Å². The van der Waals surface area contributed by atoms with Crippen LogP contribution in [0.5, 0.6) is 5.75 Å². The maximum atomic E-state index is 10.9. The number of ether oxygens (including phenoxy) is 1. The molecular formula is C16H21ClN2O3. The summed E-state index contributed by atoms with van der Waals surface area (Å²) in [6, 6.07) is 5.75. The summed E-state index contributed by atoms with van der Waals surface area (Å²) in [5, 5.41) is 9.71. The first-order valence-electron chi connectivity index (χ1n) is 7.82. The molecular weight excluding hydrogens is 304 g/mol. The third kappa shape index (κ3) is 3.40. The fourth-order valence-corrected chi connectivity index (χ4v) is 3.31. The van der Waals surface area contributed by atoms with E-state index in [9.17, 15) is 4.79 Å². The topological polar surface area (TPSA) is 53.0 Å². The minimum Gasteiger partial charge on any atom is -0.488 e. The lowest BCUT2D eigenvalue weighted by molar-refractivity contribution is 0.0897. The Morgan fingerprint density at radius 3 is 2.50 bits per heavy atom. The largest absolute Gasteiger partial charge is 0.488 e. The van der Waals surface area contributed by atoms with Crippen LogP contribution in [0.2, 0.25) is 5.02 Å². The van der Waals surface area contributed by atoms with E-state index in [4.69, 9.17) is 21.4 Å². The molecule has 2 aliphatic heterocycles. The average molecular weight is 325 g/mol. The Hall–Kier alpha value is -1.62. The molecule has 1 amide bonds. The predicted octanol–water partition coefficient (Wildman–Crippen LogP) is 3.46. The van der Waals surface area contributed by atoms with Crippen molar-refractivity contribution in [1.82, 2.24) is 4.90 Å². The van der Waals surface area contributed by atoms with Crippen molar-refractivity contribution >= 4 is 23.4 Å². The third-order valence-electron chi connectivity index (χ3n) is 4.37. The Bertz CT molecular complexity index is 538. The fraction of sp³-hybridized carbons (Fsp3) is 0.562. The quantitative estimate of drug-likeness (QED) is 0.925. The standard InChI is InChI=1S/C16H21ClN2O3/c17-12-3-4-15(14(11-12)18-7-1-2-8-18)22-13-5-9-19(10-6-13)16(20)21/h3-4,11,13H,1-2,5-10H2,(H,20,21). The van der Waals surface area contributed by atoms with Crippen molar-refractivity contribution in [2.45, 2.75) is 31.8 Å². The van der Waals surface area contributed by atoms with E-state index in [1.54, 1.807) is 0 Å². The molecule has 120 valence electrons. The molecule has 3 rings (SSSR count). The van der Waals surface area contributed by atoms with Crippen LogP contribution in [0.3, 0.4) is 0 Å². The predicted molar refractivity (Wildman–Crippen MR) is 86.1 cm³/mol. The summed E-state index contributed by atoms with van der Waals surface area (Å²) in [6.45, 7) is 3.14. The fourth-order valence-electron chi connectivity index (χ4n) is 3.14. The molecule has 1 aromatic carbocycles. The van der Waals surface area contributed by atoms with Gasteiger partial charge in [-0.3, -0.25) is 0 Å². The molecule has 0 saturated carbocycles. The molecule has 1 N–H and O–H groups in total. The number of rotatable bonds is 3. The number of amides is 1. The molecule has 0 bridgehead atoms. The molecule has 2 heterocycles. The molecule has 0 radical (unpaired) electrons. The van der Waals surface area contributed by atoms with Gasteiger partial charge in [0.2, 0.25) is 0 Å². The second-order valence-corrected chi connectivity index (χ2v) is 6.33. The highest BCUT2D eigenvalue weighted by molar-refractivity contribution is 6.30. The van der Waals surface area contributed by atoms with Crippen molar-refractivity contribution in [2.24, 2.45) is 0 Å². The summed E-state index contributed by atoms with van der Waals surface area (Å²) >= 11 is 6.14. The van der Waals surface area contributed by atoms with Crippen molar-refractivity contribution in [2.75, 3.05) is 31.1 Å². The first kappa shape index (κ1) is 15.3. The van der Waals surface area contributed by atoms with Gasteiger partial charge in [0.05, 0.1) is 5.69 Å². The molecule has 0 unspecified atom stereocenters. The SMILES string of the molecule is O=C(O)N1CCC(Oc2ccc(Cl)cc2N2CCCC2)CC1. The monoisotopic (exact) mass is 324 g/mol. The van der Waals surface area contributed by atoms with Crippen LogP contribution in [-0.2, 0) is 0 Å². The van der Waals surface area contributed by atoms with Crippen molar-refractivity contribution in [3.05, 3.63) is 23.2 Å². The Morgan fingerprint density at radius 2 is 1.86 bits per heavy atom. The highest BCUT2D eigenvalue weighted by Gasteiger charge is 2.25. The highest BCUT2D eigenvalue weighted by Crippen LogP contribution is 2.35. The van der Waals surface area contributed by atoms with Gasteiger partial charge in [-0.15, -0.1) is 0 Å². The summed E-state index contributed by atoms with van der Waals surface area (Å²) in [6.07, 6.45) is 3.08. The van der Waals surface area contributed by atoms with Gasteiger partial charge in [0, 0.05) is 44.0 Å². The van der Waals surface area contributed by atoms with E-state index in [1.165, 1.54) is 17.7 Å². The van der Waals surface area contributed by atoms with Crippen molar-refractivity contribution < 1.29 is 14.6 Å². The molecule has 2 saturated heterocycles. The Balaban J connectivity index is 1.68. The van der Waals surface area contributed by atoms with Crippen LogP contribution in [-0.4, -0.2) is 48.4 Å². The lowest BCUT2D eigenvalue weighted by Crippen LogP contribution is -2.41. The number of hydrogen-bond acceptors (Lipinski definition) is 3. The highest BCUT2D eigenvalue weighted by atomic mass is 35.5. The summed E-state index contributed by atoms with van der Waals surface area (Å²) in [4.78, 5) is 14.7. The average Bonchev–Trinajstić information content (AvgIpc) is 3.04. The van der Waals surface area contributed by atoms with E-state index >= 15 is 0 Å². The number of nitrogens with zero attached hydrogens (tertiary/aromatic N) is 2. The molecule has 0 atom stereocenters. The minimum atomic E-state index is -0.845. The van der Waals surface area contributed by atoms with E-state index in [0.29, 0.717) is 13.1 Å². The van der Waals surface area contributed by atoms with E-state index < -0.39 is 6.09 Å². The van der Waals surface area contributed by atoms with Crippen LogP contribution in [0.4, 0.5) is 10.5 Å². The van der Waals surface area contributed by atoms with Gasteiger partial charge in [-0.1, -0.05) is 11.6 Å². The van der Waals surface area contributed by atoms with Crippen LogP contribution in [0.15, 0.2) is 18.2 Å². The van der Waals surface area contributed by atoms with E-state index in [-0.39, 0.29) is 6.10 Å². The first-order valence-corrected chi connectivity index (χ1v) is 8.20. The summed E-state index contributed by atoms with van der Waals surface area (Å²) < 4.78 is 6.16.